The first-order chi connectivity index (χ1) is 9.63. The number of nitrogens with one attached hydrogen (secondary N) is 1. The Morgan fingerprint density at radius 2 is 1.90 bits per heavy atom. The molecule has 0 saturated heterocycles. The number of methoxy groups -OCH3 is 2. The Bertz CT molecular complexity index is 604. The molecule has 0 heterocycles. The second-order valence-corrected chi connectivity index (χ2v) is 4.59. The number of rotatable bonds is 5. The van der Waals surface area contributed by atoms with Gasteiger partial charge in [-0.3, -0.25) is 0 Å². The number of benzene rings is 2. The molecule has 5 heteroatoms. The van der Waals surface area contributed by atoms with Crippen LogP contribution in [0.4, 0.5) is 10.1 Å². The highest BCUT2D eigenvalue weighted by molar-refractivity contribution is 6.30. The minimum Gasteiger partial charge on any atom is -0.497 e. The molecule has 0 bridgehead atoms. The minimum absolute atomic E-state index is 0.297. The van der Waals surface area contributed by atoms with Gasteiger partial charge in [0, 0.05) is 23.2 Å². The van der Waals surface area contributed by atoms with Gasteiger partial charge in [-0.15, -0.1) is 0 Å². The fraction of sp³-hybridized carbons (Fsp3) is 0.200. The average molecular weight is 296 g/mol. The molecule has 0 atom stereocenters. The maximum atomic E-state index is 13.6. The predicted octanol–water partition coefficient (Wildman–Crippen LogP) is 4.11. The molecule has 0 aliphatic heterocycles. The van der Waals surface area contributed by atoms with E-state index >= 15 is 0 Å². The van der Waals surface area contributed by atoms with E-state index in [2.05, 4.69) is 5.32 Å². The van der Waals surface area contributed by atoms with Crippen molar-refractivity contribution >= 4 is 17.3 Å². The van der Waals surface area contributed by atoms with Gasteiger partial charge >= 0.3 is 0 Å². The van der Waals surface area contributed by atoms with Crippen LogP contribution in [0.3, 0.4) is 0 Å². The van der Waals surface area contributed by atoms with Crippen molar-refractivity contribution in [1.29, 1.82) is 0 Å². The monoisotopic (exact) mass is 295 g/mol. The fourth-order valence-electron chi connectivity index (χ4n) is 1.81. The fourth-order valence-corrected chi connectivity index (χ4v) is 2.01. The normalized spacial score (nSPS) is 10.2. The van der Waals surface area contributed by atoms with Gasteiger partial charge in [0.1, 0.15) is 17.3 Å². The van der Waals surface area contributed by atoms with Crippen LogP contribution in [-0.4, -0.2) is 14.2 Å². The van der Waals surface area contributed by atoms with Crippen molar-refractivity contribution in [2.75, 3.05) is 19.5 Å². The summed E-state index contributed by atoms with van der Waals surface area (Å²) < 4.78 is 24.0. The Morgan fingerprint density at radius 1 is 1.10 bits per heavy atom. The maximum absolute atomic E-state index is 13.6. The molecule has 0 aromatic heterocycles. The van der Waals surface area contributed by atoms with Gasteiger partial charge in [-0.1, -0.05) is 11.6 Å². The second-order valence-electron chi connectivity index (χ2n) is 4.16. The molecule has 0 fully saturated rings. The quantitative estimate of drug-likeness (QED) is 0.900. The van der Waals surface area contributed by atoms with Gasteiger partial charge in [-0.2, -0.15) is 0 Å². The number of halogens is 2. The lowest BCUT2D eigenvalue weighted by Gasteiger charge is -2.13. The van der Waals surface area contributed by atoms with Gasteiger partial charge in [0.15, 0.2) is 0 Å². The molecule has 0 saturated carbocycles. The largest absolute Gasteiger partial charge is 0.497 e. The van der Waals surface area contributed by atoms with Crippen molar-refractivity contribution in [2.24, 2.45) is 0 Å². The molecule has 1 N–H and O–H groups in total. The Balaban J connectivity index is 2.16. The van der Waals surface area contributed by atoms with Crippen LogP contribution in [0.1, 0.15) is 5.56 Å². The smallest absolute Gasteiger partial charge is 0.145 e. The topological polar surface area (TPSA) is 30.5 Å². The van der Waals surface area contributed by atoms with Gasteiger partial charge in [0.2, 0.25) is 0 Å². The second kappa shape index (κ2) is 6.48. The highest BCUT2D eigenvalue weighted by Gasteiger charge is 2.07. The molecule has 106 valence electrons. The van der Waals surface area contributed by atoms with E-state index in [4.69, 9.17) is 21.1 Å². The van der Waals surface area contributed by atoms with E-state index in [0.717, 1.165) is 5.69 Å². The van der Waals surface area contributed by atoms with E-state index in [9.17, 15) is 4.39 Å². The van der Waals surface area contributed by atoms with Gasteiger partial charge in [0.05, 0.1) is 19.9 Å². The molecular formula is C15H15ClFNO2. The third kappa shape index (κ3) is 3.33. The third-order valence-electron chi connectivity index (χ3n) is 2.89. The van der Waals surface area contributed by atoms with Gasteiger partial charge in [-0.25, -0.2) is 4.39 Å². The standard InChI is InChI=1S/C15H15ClFNO2/c1-19-12-4-6-14(15(8-12)20-2)18-9-10-7-11(16)3-5-13(10)17/h3-8,18H,9H2,1-2H3. The van der Waals surface area contributed by atoms with E-state index in [1.807, 2.05) is 6.07 Å². The van der Waals surface area contributed by atoms with Gasteiger partial charge < -0.3 is 14.8 Å². The summed E-state index contributed by atoms with van der Waals surface area (Å²) in [6.07, 6.45) is 0. The molecule has 0 aliphatic carbocycles. The average Bonchev–Trinajstić information content (AvgIpc) is 2.48. The summed E-state index contributed by atoms with van der Waals surface area (Å²) in [7, 11) is 3.16. The van der Waals surface area contributed by atoms with Crippen molar-refractivity contribution in [3.63, 3.8) is 0 Å². The van der Waals surface area contributed by atoms with Crippen LogP contribution in [0.15, 0.2) is 36.4 Å². The lowest BCUT2D eigenvalue weighted by Crippen LogP contribution is -2.03. The zero-order valence-electron chi connectivity index (χ0n) is 11.2. The summed E-state index contributed by atoms with van der Waals surface area (Å²) in [5.41, 5.74) is 1.25. The predicted molar refractivity (Wildman–Crippen MR) is 78.3 cm³/mol. The summed E-state index contributed by atoms with van der Waals surface area (Å²) in [5.74, 6) is 1.03. The summed E-state index contributed by atoms with van der Waals surface area (Å²) in [5, 5.41) is 3.63. The first-order valence-electron chi connectivity index (χ1n) is 6.04. The molecule has 0 aliphatic rings. The minimum atomic E-state index is -0.297. The van der Waals surface area contributed by atoms with Gasteiger partial charge in [0.25, 0.3) is 0 Å². The van der Waals surface area contributed by atoms with E-state index < -0.39 is 0 Å². The van der Waals surface area contributed by atoms with Crippen LogP contribution in [-0.2, 0) is 6.54 Å². The Kier molecular flexibility index (Phi) is 4.69. The van der Waals surface area contributed by atoms with E-state index in [1.54, 1.807) is 32.4 Å². The number of hydrogen-bond acceptors (Lipinski definition) is 3. The van der Waals surface area contributed by atoms with Crippen molar-refractivity contribution in [2.45, 2.75) is 6.54 Å². The maximum Gasteiger partial charge on any atom is 0.145 e. The number of ether oxygens (including phenoxy) is 2. The van der Waals surface area contributed by atoms with Crippen molar-refractivity contribution in [1.82, 2.24) is 0 Å². The molecule has 20 heavy (non-hydrogen) atoms. The molecule has 0 unspecified atom stereocenters. The SMILES string of the molecule is COc1ccc(NCc2cc(Cl)ccc2F)c(OC)c1. The number of anilines is 1. The lowest BCUT2D eigenvalue weighted by atomic mass is 10.2. The van der Waals surface area contributed by atoms with Crippen molar-refractivity contribution in [3.05, 3.63) is 52.8 Å². The molecule has 2 rings (SSSR count). The molecular weight excluding hydrogens is 281 g/mol. The van der Waals surface area contributed by atoms with Crippen LogP contribution in [0, 0.1) is 5.82 Å². The Hall–Kier alpha value is -1.94. The van der Waals surface area contributed by atoms with Crippen LogP contribution in [0.25, 0.3) is 0 Å². The number of hydrogen-bond donors (Lipinski definition) is 1. The first-order valence-corrected chi connectivity index (χ1v) is 6.41. The molecule has 2 aromatic rings. The zero-order valence-corrected chi connectivity index (χ0v) is 12.0. The lowest BCUT2D eigenvalue weighted by molar-refractivity contribution is 0.395. The Labute approximate surface area is 122 Å². The highest BCUT2D eigenvalue weighted by atomic mass is 35.5. The van der Waals surface area contributed by atoms with Crippen LogP contribution < -0.4 is 14.8 Å². The summed E-state index contributed by atoms with van der Waals surface area (Å²) >= 11 is 5.86. The molecule has 0 spiro atoms. The van der Waals surface area contributed by atoms with Crippen LogP contribution >= 0.6 is 11.6 Å². The highest BCUT2D eigenvalue weighted by Crippen LogP contribution is 2.29. The van der Waals surface area contributed by atoms with Crippen LogP contribution in [0.2, 0.25) is 5.02 Å². The van der Waals surface area contributed by atoms with E-state index in [-0.39, 0.29) is 5.82 Å². The van der Waals surface area contributed by atoms with E-state index in [0.29, 0.717) is 28.6 Å². The molecule has 3 nitrogen and oxygen atoms in total. The van der Waals surface area contributed by atoms with E-state index in [1.165, 1.54) is 12.1 Å². The summed E-state index contributed by atoms with van der Waals surface area (Å²) in [6, 6.07) is 9.86. The Morgan fingerprint density at radius 3 is 2.60 bits per heavy atom. The first kappa shape index (κ1) is 14.5. The third-order valence-corrected chi connectivity index (χ3v) is 3.12. The summed E-state index contributed by atoms with van der Waals surface area (Å²) in [6.45, 7) is 0.315. The zero-order chi connectivity index (χ0) is 14.5. The molecule has 2 aromatic carbocycles. The molecule has 0 radical (unpaired) electrons. The van der Waals surface area contributed by atoms with Crippen LogP contribution in [0.5, 0.6) is 11.5 Å². The van der Waals surface area contributed by atoms with Crippen molar-refractivity contribution in [3.8, 4) is 11.5 Å². The molecule has 0 amide bonds. The van der Waals surface area contributed by atoms with Gasteiger partial charge in [-0.05, 0) is 30.3 Å². The summed E-state index contributed by atoms with van der Waals surface area (Å²) in [4.78, 5) is 0. The van der Waals surface area contributed by atoms with Crippen molar-refractivity contribution < 1.29 is 13.9 Å².